The molecule has 4 aromatic carbocycles. The zero-order valence-electron chi connectivity index (χ0n) is 35.3. The van der Waals surface area contributed by atoms with Crippen LogP contribution < -0.4 is 4.74 Å². The topological polar surface area (TPSA) is 144 Å². The van der Waals surface area contributed by atoms with Crippen molar-refractivity contribution in [2.75, 3.05) is 19.8 Å². The summed E-state index contributed by atoms with van der Waals surface area (Å²) >= 11 is 0. The molecule has 59 heavy (non-hydrogen) atoms. The lowest BCUT2D eigenvalue weighted by Crippen LogP contribution is -2.18. The van der Waals surface area contributed by atoms with E-state index in [0.717, 1.165) is 41.7 Å². The van der Waals surface area contributed by atoms with Gasteiger partial charge in [0.05, 0.1) is 6.61 Å². The lowest BCUT2D eigenvalue weighted by molar-refractivity contribution is -0.153. The molecule has 4 aromatic rings. The summed E-state index contributed by atoms with van der Waals surface area (Å²) in [4.78, 5) is 43.9. The van der Waals surface area contributed by atoms with Crippen molar-refractivity contribution in [1.82, 2.24) is 0 Å². The molecule has 0 bridgehead atoms. The van der Waals surface area contributed by atoms with Gasteiger partial charge < -0.3 is 33.5 Å². The van der Waals surface area contributed by atoms with Gasteiger partial charge in [0, 0.05) is 12.8 Å². The van der Waals surface area contributed by atoms with E-state index in [1.54, 1.807) is 6.92 Å². The number of para-hydroxylation sites is 1. The van der Waals surface area contributed by atoms with Crippen LogP contribution in [0.2, 0.25) is 0 Å². The molecule has 0 heterocycles. The first-order valence-corrected chi connectivity index (χ1v) is 20.4. The van der Waals surface area contributed by atoms with Crippen LogP contribution in [0.3, 0.4) is 0 Å². The lowest BCUT2D eigenvalue weighted by atomic mass is 10.1. The molecule has 1 atom stereocenters. The van der Waals surface area contributed by atoms with Gasteiger partial charge in [0.1, 0.15) is 44.9 Å². The fraction of sp³-hybridized carbons (Fsp3) is 0.417. The predicted molar refractivity (Wildman–Crippen MR) is 228 cm³/mol. The third-order valence-corrected chi connectivity index (χ3v) is 7.83. The molecule has 0 aliphatic carbocycles. The molecule has 0 aliphatic rings. The van der Waals surface area contributed by atoms with Gasteiger partial charge in [-0.2, -0.15) is 0 Å². The molecule has 0 aromatic heterocycles. The van der Waals surface area contributed by atoms with Crippen LogP contribution in [0.5, 0.6) is 5.75 Å². The summed E-state index contributed by atoms with van der Waals surface area (Å²) < 4.78 is 30.0. The number of aliphatic hydroxyl groups is 1. The van der Waals surface area contributed by atoms with E-state index in [-0.39, 0.29) is 25.2 Å². The zero-order chi connectivity index (χ0) is 43.2. The van der Waals surface area contributed by atoms with Gasteiger partial charge >= 0.3 is 24.1 Å². The highest BCUT2D eigenvalue weighted by molar-refractivity contribution is 5.73. The maximum atomic E-state index is 11.3. The molecule has 0 amide bonds. The minimum Gasteiger partial charge on any atom is -0.490 e. The van der Waals surface area contributed by atoms with Crippen molar-refractivity contribution in [1.29, 1.82) is 0 Å². The molecule has 0 aliphatic heterocycles. The largest absolute Gasteiger partial charge is 0.508 e. The lowest BCUT2D eigenvalue weighted by Gasteiger charge is -2.06. The molecule has 1 N–H and O–H groups in total. The molecule has 0 spiro atoms. The van der Waals surface area contributed by atoms with Gasteiger partial charge in [0.25, 0.3) is 0 Å². The number of carbonyl (C=O) groups excluding carboxylic acids is 4. The Morgan fingerprint density at radius 2 is 0.966 bits per heavy atom. The first kappa shape index (κ1) is 51.3. The van der Waals surface area contributed by atoms with Crippen LogP contribution in [0.1, 0.15) is 102 Å². The van der Waals surface area contributed by atoms with Gasteiger partial charge in [-0.25, -0.2) is 9.59 Å². The van der Waals surface area contributed by atoms with Gasteiger partial charge in [-0.15, -0.1) is 0 Å². The van der Waals surface area contributed by atoms with E-state index in [2.05, 4.69) is 6.92 Å². The Morgan fingerprint density at radius 1 is 0.492 bits per heavy atom. The average Bonchev–Trinajstić information content (AvgIpc) is 3.27. The van der Waals surface area contributed by atoms with E-state index in [4.69, 9.17) is 33.5 Å². The van der Waals surface area contributed by atoms with Crippen molar-refractivity contribution >= 4 is 24.1 Å². The maximum absolute atomic E-state index is 11.3. The van der Waals surface area contributed by atoms with Crippen molar-refractivity contribution in [3.63, 3.8) is 0 Å². The second-order valence-corrected chi connectivity index (χ2v) is 13.0. The predicted octanol–water partition coefficient (Wildman–Crippen LogP) is 10.4. The smallest absolute Gasteiger partial charge is 0.490 e. The number of unbranched alkanes of at least 4 members (excludes halogenated alkanes) is 5. The van der Waals surface area contributed by atoms with Gasteiger partial charge in [0.15, 0.2) is 0 Å². The molecule has 0 saturated carbocycles. The van der Waals surface area contributed by atoms with Gasteiger partial charge in [-0.05, 0) is 48.6 Å². The second kappa shape index (κ2) is 35.5. The third kappa shape index (κ3) is 30.1. The normalized spacial score (nSPS) is 10.3. The monoisotopic (exact) mass is 816 g/mol. The van der Waals surface area contributed by atoms with E-state index < -0.39 is 18.2 Å². The minimum absolute atomic E-state index is 0.119. The van der Waals surface area contributed by atoms with Crippen molar-refractivity contribution < 1.29 is 52.7 Å². The molecule has 11 nitrogen and oxygen atoms in total. The number of esters is 3. The van der Waals surface area contributed by atoms with E-state index in [9.17, 15) is 19.2 Å². The molecule has 11 heteroatoms. The molecule has 1 unspecified atom stereocenters. The Balaban J connectivity index is 0.000000399. The van der Waals surface area contributed by atoms with Crippen LogP contribution in [-0.4, -0.2) is 55.1 Å². The first-order chi connectivity index (χ1) is 28.7. The van der Waals surface area contributed by atoms with Crippen LogP contribution in [0.25, 0.3) is 0 Å². The number of ether oxygens (including phenoxy) is 6. The molecule has 0 fully saturated rings. The summed E-state index contributed by atoms with van der Waals surface area (Å²) in [5.74, 6) is -0.114. The van der Waals surface area contributed by atoms with Crippen LogP contribution in [0.4, 0.5) is 4.79 Å². The summed E-state index contributed by atoms with van der Waals surface area (Å²) in [6.07, 6.45) is 7.20. The Bertz CT molecular complexity index is 1620. The maximum Gasteiger partial charge on any atom is 0.508 e. The summed E-state index contributed by atoms with van der Waals surface area (Å²) in [7, 11) is 0. The third-order valence-electron chi connectivity index (χ3n) is 7.83. The van der Waals surface area contributed by atoms with E-state index in [1.807, 2.05) is 128 Å². The average molecular weight is 817 g/mol. The van der Waals surface area contributed by atoms with Gasteiger partial charge in [-0.3, -0.25) is 9.59 Å². The van der Waals surface area contributed by atoms with Crippen molar-refractivity contribution in [3.05, 3.63) is 138 Å². The molecular weight excluding hydrogens is 753 g/mol. The standard InChI is InChI=1S/C16H24O3.C11H14O3.C11H14O2.C10H12O3/c1-2-3-4-5-6-10-13-18-16(17)19-14-15-11-8-7-9-12-15;1-2-11(12)14-9-8-13-10-6-4-3-5-7-10;1-2-6-11(12)13-9-10-7-4-3-5-8-10;1-8(11)10(12)13-7-9-5-3-2-4-6-9/h7-9,11-12H,2-6,10,13-14H2,1H3;3-7H,2,8-9H2,1H3;3-5,7-8H,2,6,9H2,1H3;2-6,8,11H,7H2,1H3. The second-order valence-electron chi connectivity index (χ2n) is 13.0. The van der Waals surface area contributed by atoms with Gasteiger partial charge in [-0.1, -0.05) is 162 Å². The fourth-order valence-electron chi connectivity index (χ4n) is 4.59. The van der Waals surface area contributed by atoms with Crippen molar-refractivity contribution in [3.8, 4) is 5.75 Å². The highest BCUT2D eigenvalue weighted by Crippen LogP contribution is 2.09. The van der Waals surface area contributed by atoms with Crippen LogP contribution in [0.15, 0.2) is 121 Å². The highest BCUT2D eigenvalue weighted by Gasteiger charge is 2.09. The summed E-state index contributed by atoms with van der Waals surface area (Å²) in [6, 6.07) is 38.1. The summed E-state index contributed by atoms with van der Waals surface area (Å²) in [6.45, 7) is 9.35. The fourth-order valence-corrected chi connectivity index (χ4v) is 4.59. The molecule has 0 saturated heterocycles. The number of hydrogen-bond donors (Lipinski definition) is 1. The first-order valence-electron chi connectivity index (χ1n) is 20.4. The van der Waals surface area contributed by atoms with E-state index in [0.29, 0.717) is 39.3 Å². The summed E-state index contributed by atoms with van der Waals surface area (Å²) in [5, 5.41) is 8.82. The van der Waals surface area contributed by atoms with Crippen molar-refractivity contribution in [2.24, 2.45) is 0 Å². The van der Waals surface area contributed by atoms with Gasteiger partial charge in [0.2, 0.25) is 0 Å². The van der Waals surface area contributed by atoms with E-state index >= 15 is 0 Å². The molecule has 4 rings (SSSR count). The number of rotatable bonds is 21. The minimum atomic E-state index is -1.05. The Kier molecular flexibility index (Phi) is 30.9. The number of benzene rings is 4. The Morgan fingerprint density at radius 3 is 1.46 bits per heavy atom. The van der Waals surface area contributed by atoms with Crippen molar-refractivity contribution in [2.45, 2.75) is 111 Å². The molecule has 322 valence electrons. The number of aliphatic hydroxyl groups excluding tert-OH is 1. The summed E-state index contributed by atoms with van der Waals surface area (Å²) in [5.41, 5.74) is 2.92. The van der Waals surface area contributed by atoms with Crippen LogP contribution in [0, 0.1) is 0 Å². The quantitative estimate of drug-likeness (QED) is 0.0487. The Hall–Kier alpha value is -5.68. The number of carbonyl (C=O) groups is 4. The Labute approximate surface area is 351 Å². The van der Waals surface area contributed by atoms with Crippen LogP contribution in [-0.2, 0) is 57.9 Å². The van der Waals surface area contributed by atoms with E-state index in [1.165, 1.54) is 32.6 Å². The molecule has 0 radical (unpaired) electrons. The van der Waals surface area contributed by atoms with Crippen LogP contribution >= 0.6 is 0 Å². The zero-order valence-corrected chi connectivity index (χ0v) is 35.3. The molecular formula is C48H64O11. The SMILES string of the molecule is CC(O)C(=O)OCc1ccccc1.CCC(=O)OCCOc1ccccc1.CCCC(=O)OCc1ccccc1.CCCCCCCCOC(=O)OCc1ccccc1. The number of hydrogen-bond acceptors (Lipinski definition) is 11. The highest BCUT2D eigenvalue weighted by atomic mass is 16.7.